The third-order valence-electron chi connectivity index (χ3n) is 5.16. The number of para-hydroxylation sites is 1. The zero-order valence-electron chi connectivity index (χ0n) is 19.6. The molecule has 3 rings (SSSR count). The molecule has 1 aromatic heterocycles. The van der Waals surface area contributed by atoms with Gasteiger partial charge in [0.05, 0.1) is 6.54 Å². The molecule has 0 aliphatic heterocycles. The number of benzene rings is 2. The minimum Gasteiger partial charge on any atom is -0.361 e. The van der Waals surface area contributed by atoms with E-state index in [0.29, 0.717) is 18.7 Å². The molecule has 0 atom stereocenters. The SMILES string of the molecule is CCNC(=NCc1cccc(C(=O)NCCN(C)C)c1)NCCc1c[nH]c2ccccc12.I. The van der Waals surface area contributed by atoms with Crippen molar-refractivity contribution in [3.63, 3.8) is 0 Å². The second-order valence-electron chi connectivity index (χ2n) is 7.99. The van der Waals surface area contributed by atoms with Crippen molar-refractivity contribution in [2.24, 2.45) is 4.99 Å². The zero-order valence-corrected chi connectivity index (χ0v) is 22.0. The third kappa shape index (κ3) is 8.36. The second-order valence-corrected chi connectivity index (χ2v) is 7.99. The Labute approximate surface area is 213 Å². The van der Waals surface area contributed by atoms with Gasteiger partial charge in [0, 0.05) is 48.8 Å². The number of nitrogens with zero attached hydrogens (tertiary/aromatic N) is 2. The van der Waals surface area contributed by atoms with Crippen LogP contribution in [0.4, 0.5) is 0 Å². The lowest BCUT2D eigenvalue weighted by molar-refractivity contribution is 0.0951. The fourth-order valence-corrected chi connectivity index (χ4v) is 3.47. The van der Waals surface area contributed by atoms with E-state index in [1.807, 2.05) is 49.3 Å². The molecule has 0 aliphatic carbocycles. The molecule has 0 bridgehead atoms. The fraction of sp³-hybridized carbons (Fsp3) is 0.360. The van der Waals surface area contributed by atoms with Gasteiger partial charge in [-0.05, 0) is 56.8 Å². The van der Waals surface area contributed by atoms with Gasteiger partial charge in [-0.25, -0.2) is 4.99 Å². The van der Waals surface area contributed by atoms with Gasteiger partial charge >= 0.3 is 0 Å². The van der Waals surface area contributed by atoms with Crippen LogP contribution >= 0.6 is 24.0 Å². The summed E-state index contributed by atoms with van der Waals surface area (Å²) in [4.78, 5) is 22.4. The van der Waals surface area contributed by atoms with E-state index in [1.165, 1.54) is 10.9 Å². The monoisotopic (exact) mass is 562 g/mol. The average Bonchev–Trinajstić information content (AvgIpc) is 3.20. The molecule has 0 fully saturated rings. The van der Waals surface area contributed by atoms with Crippen molar-refractivity contribution in [1.82, 2.24) is 25.8 Å². The molecular weight excluding hydrogens is 527 g/mol. The molecule has 8 heteroatoms. The summed E-state index contributed by atoms with van der Waals surface area (Å²) in [7, 11) is 3.97. The highest BCUT2D eigenvalue weighted by Gasteiger charge is 2.07. The number of H-pyrrole nitrogens is 1. The summed E-state index contributed by atoms with van der Waals surface area (Å²) >= 11 is 0. The molecule has 33 heavy (non-hydrogen) atoms. The van der Waals surface area contributed by atoms with Crippen molar-refractivity contribution >= 4 is 46.7 Å². The van der Waals surface area contributed by atoms with Crippen molar-refractivity contribution in [1.29, 1.82) is 0 Å². The van der Waals surface area contributed by atoms with Gasteiger partial charge in [-0.2, -0.15) is 0 Å². The number of aromatic nitrogens is 1. The van der Waals surface area contributed by atoms with E-state index in [-0.39, 0.29) is 29.9 Å². The van der Waals surface area contributed by atoms with Gasteiger partial charge < -0.3 is 25.8 Å². The van der Waals surface area contributed by atoms with Crippen LogP contribution in [-0.4, -0.2) is 62.0 Å². The van der Waals surface area contributed by atoms with Crippen molar-refractivity contribution in [2.75, 3.05) is 40.3 Å². The summed E-state index contributed by atoms with van der Waals surface area (Å²) in [6.07, 6.45) is 2.97. The Morgan fingerprint density at radius 1 is 1.03 bits per heavy atom. The summed E-state index contributed by atoms with van der Waals surface area (Å²) in [5, 5.41) is 10.9. The van der Waals surface area contributed by atoms with E-state index in [2.05, 4.69) is 52.3 Å². The number of likely N-dealkylation sites (N-methyl/N-ethyl adjacent to an activating group) is 1. The normalized spacial score (nSPS) is 11.3. The summed E-state index contributed by atoms with van der Waals surface area (Å²) in [6, 6.07) is 16.0. The largest absolute Gasteiger partial charge is 0.361 e. The number of halogens is 1. The molecule has 4 N–H and O–H groups in total. The zero-order chi connectivity index (χ0) is 22.8. The maximum absolute atomic E-state index is 12.4. The number of nitrogens with one attached hydrogen (secondary N) is 4. The lowest BCUT2D eigenvalue weighted by Gasteiger charge is -2.12. The van der Waals surface area contributed by atoms with Crippen molar-refractivity contribution in [3.05, 3.63) is 71.4 Å². The van der Waals surface area contributed by atoms with Crippen LogP contribution in [0.15, 0.2) is 59.7 Å². The number of guanidine groups is 1. The van der Waals surface area contributed by atoms with Gasteiger partial charge in [-0.15, -0.1) is 24.0 Å². The first kappa shape index (κ1) is 26.7. The summed E-state index contributed by atoms with van der Waals surface area (Å²) in [5.74, 6) is 0.717. The van der Waals surface area contributed by atoms with Crippen molar-refractivity contribution in [3.8, 4) is 0 Å². The molecule has 0 saturated heterocycles. The maximum atomic E-state index is 12.4. The van der Waals surface area contributed by atoms with Crippen molar-refractivity contribution in [2.45, 2.75) is 19.9 Å². The van der Waals surface area contributed by atoms with Crippen LogP contribution in [0.3, 0.4) is 0 Å². The van der Waals surface area contributed by atoms with Gasteiger partial charge in [0.1, 0.15) is 0 Å². The molecule has 0 aliphatic rings. The number of aromatic amines is 1. The minimum absolute atomic E-state index is 0. The van der Waals surface area contributed by atoms with Crippen LogP contribution in [0.5, 0.6) is 0 Å². The Morgan fingerprint density at radius 3 is 2.64 bits per heavy atom. The molecule has 0 saturated carbocycles. The van der Waals surface area contributed by atoms with E-state index >= 15 is 0 Å². The Balaban J connectivity index is 0.00000385. The summed E-state index contributed by atoms with van der Waals surface area (Å²) in [5.41, 5.74) is 4.11. The summed E-state index contributed by atoms with van der Waals surface area (Å²) < 4.78 is 0. The maximum Gasteiger partial charge on any atom is 0.251 e. The van der Waals surface area contributed by atoms with Gasteiger partial charge in [0.15, 0.2) is 5.96 Å². The number of fused-ring (bicyclic) bond motifs is 1. The predicted octanol–water partition coefficient (Wildman–Crippen LogP) is 3.38. The Bertz CT molecular complexity index is 1050. The molecule has 0 unspecified atom stereocenters. The number of carbonyl (C=O) groups excluding carboxylic acids is 1. The van der Waals surface area contributed by atoms with Crippen LogP contribution in [0.25, 0.3) is 10.9 Å². The molecule has 2 aromatic carbocycles. The molecule has 3 aromatic rings. The molecule has 1 heterocycles. The van der Waals surface area contributed by atoms with Crippen LogP contribution in [0, 0.1) is 0 Å². The van der Waals surface area contributed by atoms with Crippen molar-refractivity contribution < 1.29 is 4.79 Å². The standard InChI is InChI=1S/C25H34N6O.HI/c1-4-26-25(28-13-12-21-18-29-23-11-6-5-10-22(21)23)30-17-19-8-7-9-20(16-19)24(32)27-14-15-31(2)3;/h5-11,16,18,29H,4,12-15,17H2,1-3H3,(H,27,32)(H2,26,28,30);1H. The number of carbonyl (C=O) groups is 1. The Hall–Kier alpha value is -2.59. The smallest absolute Gasteiger partial charge is 0.251 e. The number of rotatable bonds is 10. The molecule has 178 valence electrons. The minimum atomic E-state index is -0.0542. The van der Waals surface area contributed by atoms with E-state index in [4.69, 9.17) is 4.99 Å². The van der Waals surface area contributed by atoms with Gasteiger partial charge in [0.25, 0.3) is 5.91 Å². The third-order valence-corrected chi connectivity index (χ3v) is 5.16. The van der Waals surface area contributed by atoms with Gasteiger partial charge in [-0.3, -0.25) is 4.79 Å². The Kier molecular flexibility index (Phi) is 11.2. The van der Waals surface area contributed by atoms with E-state index in [9.17, 15) is 4.79 Å². The lowest BCUT2D eigenvalue weighted by atomic mass is 10.1. The second kappa shape index (κ2) is 13.8. The van der Waals surface area contributed by atoms with E-state index in [1.54, 1.807) is 0 Å². The van der Waals surface area contributed by atoms with E-state index in [0.717, 1.165) is 43.1 Å². The van der Waals surface area contributed by atoms with Crippen LogP contribution < -0.4 is 16.0 Å². The lowest BCUT2D eigenvalue weighted by Crippen LogP contribution is -2.38. The molecule has 0 radical (unpaired) electrons. The average molecular weight is 563 g/mol. The topological polar surface area (TPSA) is 84.6 Å². The molecule has 1 amide bonds. The van der Waals surface area contributed by atoms with Crippen LogP contribution in [-0.2, 0) is 13.0 Å². The first-order valence-corrected chi connectivity index (χ1v) is 11.2. The Morgan fingerprint density at radius 2 is 1.85 bits per heavy atom. The molecule has 7 nitrogen and oxygen atoms in total. The number of hydrogen-bond donors (Lipinski definition) is 4. The highest BCUT2D eigenvalue weighted by atomic mass is 127. The first-order chi connectivity index (χ1) is 15.6. The summed E-state index contributed by atoms with van der Waals surface area (Å²) in [6.45, 7) is 5.55. The van der Waals surface area contributed by atoms with Crippen LogP contribution in [0.1, 0.15) is 28.4 Å². The number of amides is 1. The highest BCUT2D eigenvalue weighted by molar-refractivity contribution is 14.0. The van der Waals surface area contributed by atoms with Crippen LogP contribution in [0.2, 0.25) is 0 Å². The molecule has 0 spiro atoms. The van der Waals surface area contributed by atoms with Gasteiger partial charge in [0.2, 0.25) is 0 Å². The number of hydrogen-bond acceptors (Lipinski definition) is 3. The van der Waals surface area contributed by atoms with E-state index < -0.39 is 0 Å². The fourth-order valence-electron chi connectivity index (χ4n) is 3.47. The first-order valence-electron chi connectivity index (χ1n) is 11.2. The van der Waals surface area contributed by atoms with Gasteiger partial charge in [-0.1, -0.05) is 30.3 Å². The quantitative estimate of drug-likeness (QED) is 0.174. The molecular formula is C25H35IN6O. The predicted molar refractivity (Wildman–Crippen MR) is 148 cm³/mol. The number of aliphatic imine (C=N–C) groups is 1. The highest BCUT2D eigenvalue weighted by Crippen LogP contribution is 2.17.